The molecule has 0 bridgehead atoms. The lowest BCUT2D eigenvalue weighted by atomic mass is 9.64. The number of urea groups is 1. The number of carboxylic acid groups (broad SMARTS) is 1. The number of hydrogen-bond acceptors (Lipinski definition) is 3. The van der Waals surface area contributed by atoms with Crippen LogP contribution in [0.3, 0.4) is 0 Å². The monoisotopic (exact) mass is 298 g/mol. The van der Waals surface area contributed by atoms with E-state index in [9.17, 15) is 9.59 Å². The van der Waals surface area contributed by atoms with Crippen molar-refractivity contribution in [3.63, 3.8) is 0 Å². The Morgan fingerprint density at radius 2 is 2.14 bits per heavy atom. The van der Waals surface area contributed by atoms with Crippen LogP contribution in [-0.2, 0) is 9.53 Å². The molecule has 1 aliphatic carbocycles. The molecule has 0 radical (unpaired) electrons. The molecule has 2 fully saturated rings. The minimum Gasteiger partial charge on any atom is -0.481 e. The molecule has 2 amide bonds. The summed E-state index contributed by atoms with van der Waals surface area (Å²) in [6.45, 7) is 5.44. The lowest BCUT2D eigenvalue weighted by Crippen LogP contribution is -2.63. The third-order valence-corrected chi connectivity index (χ3v) is 5.03. The summed E-state index contributed by atoms with van der Waals surface area (Å²) in [4.78, 5) is 24.9. The molecule has 6 heteroatoms. The van der Waals surface area contributed by atoms with Gasteiger partial charge in [-0.1, -0.05) is 13.8 Å². The third kappa shape index (κ3) is 3.48. The number of likely N-dealkylation sites (tertiary alicyclic amines) is 1. The first-order valence-corrected chi connectivity index (χ1v) is 7.64. The van der Waals surface area contributed by atoms with Gasteiger partial charge in [-0.2, -0.15) is 0 Å². The van der Waals surface area contributed by atoms with Crippen molar-refractivity contribution < 1.29 is 19.4 Å². The first kappa shape index (κ1) is 16.1. The van der Waals surface area contributed by atoms with Crippen molar-refractivity contribution >= 4 is 12.0 Å². The highest BCUT2D eigenvalue weighted by atomic mass is 16.5. The van der Waals surface area contributed by atoms with E-state index in [0.29, 0.717) is 13.1 Å². The van der Waals surface area contributed by atoms with E-state index in [2.05, 4.69) is 19.2 Å². The van der Waals surface area contributed by atoms with E-state index in [1.807, 2.05) is 0 Å². The normalized spacial score (nSPS) is 31.4. The van der Waals surface area contributed by atoms with Gasteiger partial charge in [0.25, 0.3) is 0 Å². The molecule has 1 aliphatic heterocycles. The summed E-state index contributed by atoms with van der Waals surface area (Å²) in [7, 11) is 1.70. The standard InChI is InChI=1S/C15H26N2O4/c1-15(2)11(8-12(15)21-3)16-14(20)17-6-4-5-10(9-17)7-13(18)19/h10-12H,4-9H2,1-3H3,(H,16,20)(H,18,19). The molecular weight excluding hydrogens is 272 g/mol. The minimum absolute atomic E-state index is 0.0549. The summed E-state index contributed by atoms with van der Waals surface area (Å²) < 4.78 is 5.39. The number of ether oxygens (including phenoxy) is 1. The molecule has 0 aromatic heterocycles. The summed E-state index contributed by atoms with van der Waals surface area (Å²) in [5.74, 6) is -0.714. The Labute approximate surface area is 125 Å². The molecule has 3 unspecified atom stereocenters. The summed E-state index contributed by atoms with van der Waals surface area (Å²) in [6.07, 6.45) is 2.92. The largest absolute Gasteiger partial charge is 0.481 e. The van der Waals surface area contributed by atoms with Gasteiger partial charge in [-0.3, -0.25) is 4.79 Å². The minimum atomic E-state index is -0.787. The zero-order valence-electron chi connectivity index (χ0n) is 13.1. The van der Waals surface area contributed by atoms with Crippen molar-refractivity contribution in [1.82, 2.24) is 10.2 Å². The van der Waals surface area contributed by atoms with Gasteiger partial charge < -0.3 is 20.1 Å². The van der Waals surface area contributed by atoms with E-state index in [0.717, 1.165) is 19.3 Å². The van der Waals surface area contributed by atoms with E-state index in [1.54, 1.807) is 12.0 Å². The number of carboxylic acids is 1. The summed E-state index contributed by atoms with van der Waals surface area (Å²) >= 11 is 0. The summed E-state index contributed by atoms with van der Waals surface area (Å²) in [6, 6.07) is 0.0486. The first-order valence-electron chi connectivity index (χ1n) is 7.64. The van der Waals surface area contributed by atoms with Crippen LogP contribution in [0.2, 0.25) is 0 Å². The van der Waals surface area contributed by atoms with E-state index in [-0.39, 0.29) is 35.9 Å². The van der Waals surface area contributed by atoms with Crippen LogP contribution in [0, 0.1) is 11.3 Å². The Bertz CT molecular complexity index is 410. The van der Waals surface area contributed by atoms with Crippen LogP contribution in [0.25, 0.3) is 0 Å². The van der Waals surface area contributed by atoms with Crippen LogP contribution < -0.4 is 5.32 Å². The molecule has 3 atom stereocenters. The highest BCUT2D eigenvalue weighted by Gasteiger charge is 2.49. The summed E-state index contributed by atoms with van der Waals surface area (Å²) in [5.41, 5.74) is -0.0549. The van der Waals surface area contributed by atoms with E-state index < -0.39 is 5.97 Å². The fraction of sp³-hybridized carbons (Fsp3) is 0.867. The average molecular weight is 298 g/mol. The lowest BCUT2D eigenvalue weighted by molar-refractivity contribution is -0.138. The van der Waals surface area contributed by atoms with E-state index >= 15 is 0 Å². The third-order valence-electron chi connectivity index (χ3n) is 5.03. The maximum absolute atomic E-state index is 12.3. The van der Waals surface area contributed by atoms with Gasteiger partial charge in [0.05, 0.1) is 6.10 Å². The SMILES string of the molecule is COC1CC(NC(=O)N2CCCC(CC(=O)O)C2)C1(C)C. The quantitative estimate of drug-likeness (QED) is 0.828. The van der Waals surface area contributed by atoms with Crippen molar-refractivity contribution in [3.05, 3.63) is 0 Å². The van der Waals surface area contributed by atoms with Gasteiger partial charge in [-0.25, -0.2) is 4.79 Å². The maximum atomic E-state index is 12.3. The molecular formula is C15H26N2O4. The molecule has 6 nitrogen and oxygen atoms in total. The van der Waals surface area contributed by atoms with Crippen molar-refractivity contribution in [2.24, 2.45) is 11.3 Å². The van der Waals surface area contributed by atoms with Crippen molar-refractivity contribution in [3.8, 4) is 0 Å². The number of nitrogens with one attached hydrogen (secondary N) is 1. The second-order valence-electron chi connectivity index (χ2n) is 6.84. The molecule has 2 rings (SSSR count). The number of rotatable bonds is 4. The van der Waals surface area contributed by atoms with Crippen LogP contribution in [0.15, 0.2) is 0 Å². The molecule has 1 heterocycles. The second-order valence-corrected chi connectivity index (χ2v) is 6.84. The second kappa shape index (κ2) is 6.22. The predicted molar refractivity (Wildman–Crippen MR) is 78.1 cm³/mol. The van der Waals surface area contributed by atoms with Gasteiger partial charge in [0.2, 0.25) is 0 Å². The fourth-order valence-electron chi connectivity index (χ4n) is 3.43. The van der Waals surface area contributed by atoms with Crippen LogP contribution in [0.1, 0.15) is 39.5 Å². The number of carbonyl (C=O) groups excluding carboxylic acids is 1. The molecule has 21 heavy (non-hydrogen) atoms. The first-order chi connectivity index (χ1) is 9.84. The van der Waals surface area contributed by atoms with Gasteiger partial charge >= 0.3 is 12.0 Å². The van der Waals surface area contributed by atoms with Crippen LogP contribution in [-0.4, -0.2) is 54.4 Å². The molecule has 1 saturated heterocycles. The molecule has 0 aromatic rings. The van der Waals surface area contributed by atoms with E-state index in [1.165, 1.54) is 0 Å². The van der Waals surface area contributed by atoms with Crippen molar-refractivity contribution in [1.29, 1.82) is 0 Å². The lowest BCUT2D eigenvalue weighted by Gasteiger charge is -2.51. The Morgan fingerprint density at radius 1 is 1.43 bits per heavy atom. The maximum Gasteiger partial charge on any atom is 0.317 e. The highest BCUT2D eigenvalue weighted by molar-refractivity contribution is 5.75. The van der Waals surface area contributed by atoms with Gasteiger partial charge in [-0.05, 0) is 25.2 Å². The molecule has 1 saturated carbocycles. The Balaban J connectivity index is 1.85. The molecule has 2 N–H and O–H groups in total. The van der Waals surface area contributed by atoms with Gasteiger partial charge in [0, 0.05) is 38.1 Å². The van der Waals surface area contributed by atoms with Gasteiger partial charge in [0.1, 0.15) is 0 Å². The Kier molecular flexibility index (Phi) is 4.76. The summed E-state index contributed by atoms with van der Waals surface area (Å²) in [5, 5.41) is 11.9. The molecule has 120 valence electrons. The number of piperidine rings is 1. The smallest absolute Gasteiger partial charge is 0.317 e. The number of amides is 2. The molecule has 2 aliphatic rings. The van der Waals surface area contributed by atoms with Gasteiger partial charge in [0.15, 0.2) is 0 Å². The van der Waals surface area contributed by atoms with Crippen LogP contribution in [0.4, 0.5) is 4.79 Å². The van der Waals surface area contributed by atoms with Crippen molar-refractivity contribution in [2.75, 3.05) is 20.2 Å². The topological polar surface area (TPSA) is 78.9 Å². The number of methoxy groups -OCH3 is 1. The number of carbonyl (C=O) groups is 2. The van der Waals surface area contributed by atoms with Gasteiger partial charge in [-0.15, -0.1) is 0 Å². The Morgan fingerprint density at radius 3 is 2.71 bits per heavy atom. The number of aliphatic carboxylic acids is 1. The fourth-order valence-corrected chi connectivity index (χ4v) is 3.43. The zero-order chi connectivity index (χ0) is 15.6. The predicted octanol–water partition coefficient (Wildman–Crippen LogP) is 1.70. The highest BCUT2D eigenvalue weighted by Crippen LogP contribution is 2.42. The van der Waals surface area contributed by atoms with E-state index in [4.69, 9.17) is 9.84 Å². The Hall–Kier alpha value is -1.30. The number of nitrogens with zero attached hydrogens (tertiary/aromatic N) is 1. The van der Waals surface area contributed by atoms with Crippen LogP contribution in [0.5, 0.6) is 0 Å². The van der Waals surface area contributed by atoms with Crippen LogP contribution >= 0.6 is 0 Å². The van der Waals surface area contributed by atoms with Crippen molar-refractivity contribution in [2.45, 2.75) is 51.7 Å². The average Bonchev–Trinajstić information content (AvgIpc) is 2.42. The number of hydrogen-bond donors (Lipinski definition) is 2. The molecule has 0 aromatic carbocycles. The molecule has 0 spiro atoms. The zero-order valence-corrected chi connectivity index (χ0v) is 13.1.